The molecule has 0 bridgehead atoms. The fourth-order valence-corrected chi connectivity index (χ4v) is 1.87. The minimum absolute atomic E-state index is 0.0768. The molecule has 0 aliphatic rings. The van der Waals surface area contributed by atoms with Crippen LogP contribution < -0.4 is 5.32 Å². The van der Waals surface area contributed by atoms with Crippen molar-refractivity contribution in [2.75, 3.05) is 12.0 Å². The van der Waals surface area contributed by atoms with Crippen molar-refractivity contribution < 1.29 is 19.8 Å². The number of carbonyl (C=O) groups excluding carboxylic acids is 1. The quantitative estimate of drug-likeness (QED) is 0.725. The summed E-state index contributed by atoms with van der Waals surface area (Å²) in [4.78, 5) is 22.8. The fourth-order valence-electron chi connectivity index (χ4n) is 1.39. The molecule has 98 valence electrons. The largest absolute Gasteiger partial charge is 0.507 e. The molecule has 5 nitrogen and oxygen atoms in total. The third-order valence-corrected chi connectivity index (χ3v) is 3.01. The first kappa shape index (κ1) is 14.4. The number of carbonyl (C=O) groups is 2. The second-order valence-electron chi connectivity index (χ2n) is 3.66. The number of phenols is 1. The van der Waals surface area contributed by atoms with Crippen LogP contribution in [0.3, 0.4) is 0 Å². The van der Waals surface area contributed by atoms with Crippen molar-refractivity contribution in [1.29, 1.82) is 0 Å². The number of para-hydroxylation sites is 1. The van der Waals surface area contributed by atoms with E-state index in [1.165, 1.54) is 23.9 Å². The van der Waals surface area contributed by atoms with E-state index in [1.54, 1.807) is 12.1 Å². The van der Waals surface area contributed by atoms with Gasteiger partial charge >= 0.3 is 5.97 Å². The molecule has 1 aromatic rings. The maximum Gasteiger partial charge on any atom is 0.326 e. The van der Waals surface area contributed by atoms with Crippen LogP contribution in [0.5, 0.6) is 5.75 Å². The number of phenolic OH excluding ortho intramolecular Hbond substituents is 1. The lowest BCUT2D eigenvalue weighted by atomic mass is 10.1. The van der Waals surface area contributed by atoms with Gasteiger partial charge in [-0.1, -0.05) is 12.1 Å². The second kappa shape index (κ2) is 6.90. The van der Waals surface area contributed by atoms with Crippen LogP contribution in [0.1, 0.15) is 16.8 Å². The molecule has 1 rings (SSSR count). The number of hydrogen-bond acceptors (Lipinski definition) is 4. The van der Waals surface area contributed by atoms with E-state index in [0.29, 0.717) is 12.2 Å². The minimum Gasteiger partial charge on any atom is -0.507 e. The zero-order valence-corrected chi connectivity index (χ0v) is 10.7. The summed E-state index contributed by atoms with van der Waals surface area (Å²) in [5, 5.41) is 20.9. The molecule has 0 spiro atoms. The fraction of sp³-hybridized carbons (Fsp3) is 0.333. The van der Waals surface area contributed by atoms with E-state index >= 15 is 0 Å². The van der Waals surface area contributed by atoms with Gasteiger partial charge in [-0.3, -0.25) is 4.79 Å². The molecular formula is C12H15NO4S. The van der Waals surface area contributed by atoms with Crippen molar-refractivity contribution in [3.05, 3.63) is 29.8 Å². The zero-order chi connectivity index (χ0) is 13.5. The maximum atomic E-state index is 11.8. The lowest BCUT2D eigenvalue weighted by Gasteiger charge is -2.14. The Labute approximate surface area is 109 Å². The molecule has 0 aromatic heterocycles. The molecule has 0 saturated carbocycles. The van der Waals surface area contributed by atoms with Crippen LogP contribution in [0, 0.1) is 0 Å². The molecule has 1 atom stereocenters. The normalized spacial score (nSPS) is 11.8. The standard InChI is InChI=1S/C12H15NO4S/c1-18-7-6-9(12(16)17)13-11(15)8-4-2-3-5-10(8)14/h2-5,9,14H,6-7H2,1H3,(H,13,15)(H,16,17)/t9-/m0/s1. The highest BCUT2D eigenvalue weighted by atomic mass is 32.2. The molecule has 0 aliphatic heterocycles. The van der Waals surface area contributed by atoms with Crippen molar-refractivity contribution in [1.82, 2.24) is 5.32 Å². The van der Waals surface area contributed by atoms with Gasteiger partial charge in [-0.05, 0) is 30.6 Å². The Kier molecular flexibility index (Phi) is 5.51. The number of aromatic hydroxyl groups is 1. The number of thioether (sulfide) groups is 1. The van der Waals surface area contributed by atoms with Crippen LogP contribution in [-0.4, -0.2) is 40.1 Å². The monoisotopic (exact) mass is 269 g/mol. The van der Waals surface area contributed by atoms with Crippen molar-refractivity contribution >= 4 is 23.6 Å². The average molecular weight is 269 g/mol. The molecule has 0 fully saturated rings. The number of rotatable bonds is 6. The van der Waals surface area contributed by atoms with Gasteiger partial charge in [0.2, 0.25) is 0 Å². The molecule has 0 aliphatic carbocycles. The number of carboxylic acid groups (broad SMARTS) is 1. The van der Waals surface area contributed by atoms with E-state index in [4.69, 9.17) is 5.11 Å². The van der Waals surface area contributed by atoms with Crippen LogP contribution in [-0.2, 0) is 4.79 Å². The summed E-state index contributed by atoms with van der Waals surface area (Å²) in [7, 11) is 0. The van der Waals surface area contributed by atoms with Crippen LogP contribution >= 0.6 is 11.8 Å². The van der Waals surface area contributed by atoms with Crippen molar-refractivity contribution in [3.8, 4) is 5.75 Å². The SMILES string of the molecule is CSCC[C@H](NC(=O)c1ccccc1O)C(=O)O. The molecule has 18 heavy (non-hydrogen) atoms. The summed E-state index contributed by atoms with van der Waals surface area (Å²) in [5.74, 6) is -1.18. The Balaban J connectivity index is 2.72. The van der Waals surface area contributed by atoms with Gasteiger partial charge in [-0.2, -0.15) is 11.8 Å². The number of aliphatic carboxylic acids is 1. The molecule has 1 amide bonds. The van der Waals surface area contributed by atoms with E-state index in [-0.39, 0.29) is 11.3 Å². The number of carboxylic acids is 1. The zero-order valence-electron chi connectivity index (χ0n) is 9.92. The van der Waals surface area contributed by atoms with Gasteiger partial charge < -0.3 is 15.5 Å². The Morgan fingerprint density at radius 2 is 2.06 bits per heavy atom. The lowest BCUT2D eigenvalue weighted by Crippen LogP contribution is -2.41. The number of nitrogens with one attached hydrogen (secondary N) is 1. The van der Waals surface area contributed by atoms with Crippen molar-refractivity contribution in [2.45, 2.75) is 12.5 Å². The maximum absolute atomic E-state index is 11.8. The van der Waals surface area contributed by atoms with E-state index in [2.05, 4.69) is 5.32 Å². The Bertz CT molecular complexity index is 436. The number of amides is 1. The van der Waals surface area contributed by atoms with Gasteiger partial charge in [0.05, 0.1) is 5.56 Å². The summed E-state index contributed by atoms with van der Waals surface area (Å²) in [6, 6.07) is 5.08. The molecule has 1 aromatic carbocycles. The van der Waals surface area contributed by atoms with Gasteiger partial charge in [0.1, 0.15) is 11.8 Å². The van der Waals surface area contributed by atoms with E-state index < -0.39 is 17.9 Å². The highest BCUT2D eigenvalue weighted by Gasteiger charge is 2.21. The lowest BCUT2D eigenvalue weighted by molar-refractivity contribution is -0.139. The van der Waals surface area contributed by atoms with Crippen LogP contribution in [0.4, 0.5) is 0 Å². The van der Waals surface area contributed by atoms with Gasteiger partial charge in [0, 0.05) is 0 Å². The molecular weight excluding hydrogens is 254 g/mol. The Morgan fingerprint density at radius 3 is 2.61 bits per heavy atom. The van der Waals surface area contributed by atoms with Gasteiger partial charge in [0.15, 0.2) is 0 Å². The number of benzene rings is 1. The average Bonchev–Trinajstić information content (AvgIpc) is 2.34. The summed E-state index contributed by atoms with van der Waals surface area (Å²) in [6.45, 7) is 0. The minimum atomic E-state index is -1.08. The first-order chi connectivity index (χ1) is 8.56. The van der Waals surface area contributed by atoms with E-state index in [1.807, 2.05) is 6.26 Å². The summed E-state index contributed by atoms with van der Waals surface area (Å²) < 4.78 is 0. The van der Waals surface area contributed by atoms with E-state index in [9.17, 15) is 14.7 Å². The van der Waals surface area contributed by atoms with Gasteiger partial charge in [-0.25, -0.2) is 4.79 Å². The highest BCUT2D eigenvalue weighted by Crippen LogP contribution is 2.15. The van der Waals surface area contributed by atoms with Crippen molar-refractivity contribution in [3.63, 3.8) is 0 Å². The molecule has 3 N–H and O–H groups in total. The number of hydrogen-bond donors (Lipinski definition) is 3. The molecule has 0 radical (unpaired) electrons. The summed E-state index contributed by atoms with van der Waals surface area (Å²) >= 11 is 1.51. The Morgan fingerprint density at radius 1 is 1.39 bits per heavy atom. The summed E-state index contributed by atoms with van der Waals surface area (Å²) in [6.07, 6.45) is 2.21. The summed E-state index contributed by atoms with van der Waals surface area (Å²) in [5.41, 5.74) is 0.0768. The topological polar surface area (TPSA) is 86.6 Å². The first-order valence-corrected chi connectivity index (χ1v) is 6.76. The molecule has 0 heterocycles. The first-order valence-electron chi connectivity index (χ1n) is 5.37. The smallest absolute Gasteiger partial charge is 0.326 e. The van der Waals surface area contributed by atoms with Crippen molar-refractivity contribution in [2.24, 2.45) is 0 Å². The van der Waals surface area contributed by atoms with Crippen LogP contribution in [0.15, 0.2) is 24.3 Å². The second-order valence-corrected chi connectivity index (χ2v) is 4.65. The highest BCUT2D eigenvalue weighted by molar-refractivity contribution is 7.98. The molecule has 0 unspecified atom stereocenters. The third-order valence-electron chi connectivity index (χ3n) is 2.36. The Hall–Kier alpha value is -1.69. The van der Waals surface area contributed by atoms with Gasteiger partial charge in [0.25, 0.3) is 5.91 Å². The third kappa shape index (κ3) is 3.96. The van der Waals surface area contributed by atoms with Gasteiger partial charge in [-0.15, -0.1) is 0 Å². The van der Waals surface area contributed by atoms with Crippen LogP contribution in [0.25, 0.3) is 0 Å². The predicted octanol–water partition coefficient (Wildman–Crippen LogP) is 1.33. The van der Waals surface area contributed by atoms with E-state index in [0.717, 1.165) is 0 Å². The molecule has 0 saturated heterocycles. The molecule has 6 heteroatoms. The predicted molar refractivity (Wildman–Crippen MR) is 70.0 cm³/mol. The van der Waals surface area contributed by atoms with Crippen LogP contribution in [0.2, 0.25) is 0 Å².